The van der Waals surface area contributed by atoms with Gasteiger partial charge in [-0.15, -0.1) is 0 Å². The van der Waals surface area contributed by atoms with Crippen LogP contribution >= 0.6 is 15.9 Å². The smallest absolute Gasteiger partial charge is 0.244 e. The zero-order chi connectivity index (χ0) is 14.0. The van der Waals surface area contributed by atoms with Crippen LogP contribution in [-0.4, -0.2) is 31.1 Å². The van der Waals surface area contributed by atoms with Gasteiger partial charge in [-0.25, -0.2) is 8.42 Å². The Morgan fingerprint density at radius 1 is 1.42 bits per heavy atom. The van der Waals surface area contributed by atoms with Crippen LogP contribution in [0.15, 0.2) is 33.6 Å². The average molecular weight is 346 g/mol. The number of rotatable bonds is 4. The molecule has 0 aliphatic carbocycles. The minimum atomic E-state index is -3.53. The first kappa shape index (κ1) is 14.7. The number of benzene rings is 1. The molecule has 0 bridgehead atoms. The summed E-state index contributed by atoms with van der Waals surface area (Å²) in [6, 6.07) is 6.58. The Hall–Kier alpha value is -0.720. The molecule has 1 saturated heterocycles. The van der Waals surface area contributed by atoms with Gasteiger partial charge in [0, 0.05) is 23.5 Å². The predicted octanol–water partition coefficient (Wildman–Crippen LogP) is 2.58. The normalized spacial score (nSPS) is 20.6. The standard InChI is InChI=1S/C13H16BrNO3S/c1-10(16)9-11-5-4-8-15(11)19(17,18)13-7-3-2-6-12(13)14/h2-3,6-7,11H,4-5,8-9H2,1H3. The van der Waals surface area contributed by atoms with Gasteiger partial charge in [0.25, 0.3) is 0 Å². The molecule has 1 aromatic rings. The number of ketones is 1. The summed E-state index contributed by atoms with van der Waals surface area (Å²) in [5.41, 5.74) is 0. The molecule has 1 atom stereocenters. The lowest BCUT2D eigenvalue weighted by atomic mass is 10.1. The highest BCUT2D eigenvalue weighted by Gasteiger charge is 2.36. The van der Waals surface area contributed by atoms with Gasteiger partial charge in [-0.2, -0.15) is 4.31 Å². The van der Waals surface area contributed by atoms with Gasteiger partial charge in [0.1, 0.15) is 5.78 Å². The van der Waals surface area contributed by atoms with E-state index in [1.807, 2.05) is 0 Å². The van der Waals surface area contributed by atoms with E-state index < -0.39 is 10.0 Å². The number of Topliss-reactive ketones (excluding diaryl/α,β-unsaturated/α-hetero) is 1. The van der Waals surface area contributed by atoms with Crippen LogP contribution in [-0.2, 0) is 14.8 Å². The first-order chi connectivity index (χ1) is 8.93. The molecule has 2 rings (SSSR count). The van der Waals surface area contributed by atoms with Crippen LogP contribution in [0.2, 0.25) is 0 Å². The Morgan fingerprint density at radius 2 is 2.11 bits per heavy atom. The maximum Gasteiger partial charge on any atom is 0.244 e. The van der Waals surface area contributed by atoms with E-state index >= 15 is 0 Å². The monoisotopic (exact) mass is 345 g/mol. The van der Waals surface area contributed by atoms with Crippen molar-refractivity contribution < 1.29 is 13.2 Å². The van der Waals surface area contributed by atoms with Crippen molar-refractivity contribution >= 4 is 31.7 Å². The van der Waals surface area contributed by atoms with Crippen LogP contribution in [0.1, 0.15) is 26.2 Å². The molecule has 0 aromatic heterocycles. The third-order valence-corrected chi connectivity index (χ3v) is 6.23. The van der Waals surface area contributed by atoms with E-state index in [2.05, 4.69) is 15.9 Å². The summed E-state index contributed by atoms with van der Waals surface area (Å²) in [5, 5.41) is 0. The van der Waals surface area contributed by atoms with Gasteiger partial charge in [0.15, 0.2) is 0 Å². The fourth-order valence-corrected chi connectivity index (χ4v) is 5.10. The van der Waals surface area contributed by atoms with E-state index in [1.54, 1.807) is 24.3 Å². The van der Waals surface area contributed by atoms with Crippen LogP contribution in [0.4, 0.5) is 0 Å². The number of hydrogen-bond donors (Lipinski definition) is 0. The maximum absolute atomic E-state index is 12.6. The van der Waals surface area contributed by atoms with Crippen molar-refractivity contribution in [2.75, 3.05) is 6.54 Å². The molecule has 1 aromatic carbocycles. The lowest BCUT2D eigenvalue weighted by Gasteiger charge is -2.23. The molecular formula is C13H16BrNO3S. The molecule has 1 fully saturated rings. The zero-order valence-corrected chi connectivity index (χ0v) is 13.1. The molecular weight excluding hydrogens is 330 g/mol. The summed E-state index contributed by atoms with van der Waals surface area (Å²) in [5.74, 6) is 0.0271. The van der Waals surface area contributed by atoms with E-state index in [9.17, 15) is 13.2 Å². The van der Waals surface area contributed by atoms with Crippen LogP contribution < -0.4 is 0 Å². The molecule has 0 saturated carbocycles. The molecule has 19 heavy (non-hydrogen) atoms. The number of hydrogen-bond acceptors (Lipinski definition) is 3. The second kappa shape index (κ2) is 5.73. The van der Waals surface area contributed by atoms with Crippen molar-refractivity contribution in [3.05, 3.63) is 28.7 Å². The minimum absolute atomic E-state index is 0.0271. The van der Waals surface area contributed by atoms with Crippen LogP contribution in [0.3, 0.4) is 0 Å². The quantitative estimate of drug-likeness (QED) is 0.842. The molecule has 1 heterocycles. The molecule has 1 unspecified atom stereocenters. The minimum Gasteiger partial charge on any atom is -0.300 e. The molecule has 0 spiro atoms. The van der Waals surface area contributed by atoms with Gasteiger partial charge in [0.05, 0.1) is 4.90 Å². The van der Waals surface area contributed by atoms with E-state index in [1.165, 1.54) is 11.2 Å². The van der Waals surface area contributed by atoms with Crippen LogP contribution in [0.25, 0.3) is 0 Å². The van der Waals surface area contributed by atoms with Crippen molar-refractivity contribution in [1.29, 1.82) is 0 Å². The molecule has 6 heteroatoms. The lowest BCUT2D eigenvalue weighted by molar-refractivity contribution is -0.117. The van der Waals surface area contributed by atoms with Crippen molar-refractivity contribution in [2.45, 2.75) is 37.1 Å². The summed E-state index contributed by atoms with van der Waals surface area (Å²) in [4.78, 5) is 11.5. The number of nitrogens with zero attached hydrogens (tertiary/aromatic N) is 1. The van der Waals surface area contributed by atoms with Crippen LogP contribution in [0, 0.1) is 0 Å². The van der Waals surface area contributed by atoms with Gasteiger partial charge >= 0.3 is 0 Å². The number of carbonyl (C=O) groups is 1. The molecule has 4 nitrogen and oxygen atoms in total. The number of carbonyl (C=O) groups excluding carboxylic acids is 1. The zero-order valence-electron chi connectivity index (χ0n) is 10.7. The van der Waals surface area contributed by atoms with E-state index in [0.29, 0.717) is 17.4 Å². The Labute approximate surface area is 122 Å². The predicted molar refractivity (Wildman–Crippen MR) is 76.4 cm³/mol. The number of halogens is 1. The maximum atomic E-state index is 12.6. The molecule has 0 amide bonds. The van der Waals surface area contributed by atoms with E-state index in [-0.39, 0.29) is 16.7 Å². The highest BCUT2D eigenvalue weighted by atomic mass is 79.9. The number of sulfonamides is 1. The third-order valence-electron chi connectivity index (χ3n) is 3.27. The Bertz CT molecular complexity index is 585. The molecule has 1 aliphatic heterocycles. The van der Waals surface area contributed by atoms with Gasteiger partial charge < -0.3 is 0 Å². The van der Waals surface area contributed by atoms with Crippen molar-refractivity contribution in [1.82, 2.24) is 4.31 Å². The Kier molecular flexibility index (Phi) is 4.43. The largest absolute Gasteiger partial charge is 0.300 e. The highest BCUT2D eigenvalue weighted by molar-refractivity contribution is 9.10. The summed E-state index contributed by atoms with van der Waals surface area (Å²) in [6.45, 7) is 1.99. The fourth-order valence-electron chi connectivity index (χ4n) is 2.44. The molecule has 0 radical (unpaired) electrons. The third kappa shape index (κ3) is 3.07. The van der Waals surface area contributed by atoms with E-state index in [4.69, 9.17) is 0 Å². The average Bonchev–Trinajstić information content (AvgIpc) is 2.77. The Morgan fingerprint density at radius 3 is 2.74 bits per heavy atom. The van der Waals surface area contributed by atoms with Crippen molar-refractivity contribution in [3.63, 3.8) is 0 Å². The van der Waals surface area contributed by atoms with Crippen molar-refractivity contribution in [2.24, 2.45) is 0 Å². The van der Waals surface area contributed by atoms with Crippen LogP contribution in [0.5, 0.6) is 0 Å². The summed E-state index contributed by atoms with van der Waals surface area (Å²) >= 11 is 3.28. The lowest BCUT2D eigenvalue weighted by Crippen LogP contribution is -2.36. The van der Waals surface area contributed by atoms with Gasteiger partial charge in [-0.1, -0.05) is 12.1 Å². The van der Waals surface area contributed by atoms with Crippen molar-refractivity contribution in [3.8, 4) is 0 Å². The van der Waals surface area contributed by atoms with E-state index in [0.717, 1.165) is 12.8 Å². The summed E-state index contributed by atoms with van der Waals surface area (Å²) in [6.07, 6.45) is 1.86. The SMILES string of the molecule is CC(=O)CC1CCCN1S(=O)(=O)c1ccccc1Br. The molecule has 1 aliphatic rings. The van der Waals surface area contributed by atoms with Gasteiger partial charge in [-0.3, -0.25) is 4.79 Å². The molecule has 0 N–H and O–H groups in total. The topological polar surface area (TPSA) is 54.5 Å². The first-order valence-electron chi connectivity index (χ1n) is 6.18. The second-order valence-corrected chi connectivity index (χ2v) is 7.46. The molecule has 104 valence electrons. The van der Waals surface area contributed by atoms with Gasteiger partial charge in [0.2, 0.25) is 10.0 Å². The highest BCUT2D eigenvalue weighted by Crippen LogP contribution is 2.31. The second-order valence-electron chi connectivity index (χ2n) is 4.75. The first-order valence-corrected chi connectivity index (χ1v) is 8.42. The summed E-state index contributed by atoms with van der Waals surface area (Å²) in [7, 11) is -3.53. The van der Waals surface area contributed by atoms with Gasteiger partial charge in [-0.05, 0) is 47.8 Å². The summed E-state index contributed by atoms with van der Waals surface area (Å²) < 4.78 is 27.3. The Balaban J connectivity index is 2.34. The fraction of sp³-hybridized carbons (Fsp3) is 0.462.